The van der Waals surface area contributed by atoms with Gasteiger partial charge in [0.05, 0.1) is 6.04 Å². The van der Waals surface area contributed by atoms with E-state index >= 15 is 0 Å². The highest BCUT2D eigenvalue weighted by Crippen LogP contribution is 2.30. The van der Waals surface area contributed by atoms with Crippen LogP contribution in [0.15, 0.2) is 91.0 Å². The molecule has 146 valence electrons. The molecule has 4 rings (SSSR count). The zero-order valence-electron chi connectivity index (χ0n) is 16.1. The van der Waals surface area contributed by atoms with E-state index in [2.05, 4.69) is 0 Å². The minimum absolute atomic E-state index is 0.115. The molecule has 4 nitrogen and oxygen atoms in total. The molecule has 3 aromatic rings. The van der Waals surface area contributed by atoms with Crippen molar-refractivity contribution in [1.29, 1.82) is 0 Å². The van der Waals surface area contributed by atoms with Gasteiger partial charge in [0, 0.05) is 12.3 Å². The van der Waals surface area contributed by atoms with Crippen LogP contribution in [0.1, 0.15) is 29.0 Å². The molecule has 0 N–H and O–H groups in total. The molecule has 1 aliphatic rings. The summed E-state index contributed by atoms with van der Waals surface area (Å²) in [6.07, 6.45) is 0.268. The molecule has 1 fully saturated rings. The van der Waals surface area contributed by atoms with Crippen molar-refractivity contribution in [2.75, 3.05) is 6.61 Å². The molecule has 0 spiro atoms. The zero-order chi connectivity index (χ0) is 20.1. The molecule has 1 aliphatic heterocycles. The maximum absolute atomic E-state index is 13.2. The first-order valence-electron chi connectivity index (χ1n) is 9.85. The summed E-state index contributed by atoms with van der Waals surface area (Å²) in [5.74, 6) is -0.318. The number of hydrogen-bond acceptors (Lipinski definition) is 3. The Hall–Kier alpha value is -3.40. The van der Waals surface area contributed by atoms with E-state index in [0.29, 0.717) is 6.42 Å². The summed E-state index contributed by atoms with van der Waals surface area (Å²) in [6.45, 7) is 0.237. The molecule has 0 radical (unpaired) electrons. The molecule has 0 aromatic heterocycles. The number of ether oxygens (including phenoxy) is 1. The van der Waals surface area contributed by atoms with Crippen molar-refractivity contribution in [1.82, 2.24) is 4.90 Å². The van der Waals surface area contributed by atoms with Crippen molar-refractivity contribution < 1.29 is 14.3 Å². The first-order chi connectivity index (χ1) is 14.2. The van der Waals surface area contributed by atoms with Gasteiger partial charge in [-0.2, -0.15) is 0 Å². The topological polar surface area (TPSA) is 46.6 Å². The van der Waals surface area contributed by atoms with Crippen LogP contribution in [0.5, 0.6) is 0 Å². The standard InChI is InChI=1S/C25H23NO3/c27-24(26-22(18-29-25(26)28)16-19-10-4-1-5-11-19)17-23(20-12-6-2-7-13-20)21-14-8-3-9-15-21/h1-15,22-23H,16-18H2/t22-/m0/s1. The fraction of sp³-hybridized carbons (Fsp3) is 0.200. The Kier molecular flexibility index (Phi) is 5.71. The summed E-state index contributed by atoms with van der Waals surface area (Å²) in [5, 5.41) is 0. The van der Waals surface area contributed by atoms with Gasteiger partial charge in [-0.1, -0.05) is 91.0 Å². The van der Waals surface area contributed by atoms with Gasteiger partial charge in [0.25, 0.3) is 0 Å². The Morgan fingerprint density at radius 3 is 1.93 bits per heavy atom. The number of hydrogen-bond donors (Lipinski definition) is 0. The van der Waals surface area contributed by atoms with Crippen molar-refractivity contribution in [3.63, 3.8) is 0 Å². The first-order valence-corrected chi connectivity index (χ1v) is 9.85. The monoisotopic (exact) mass is 385 g/mol. The van der Waals surface area contributed by atoms with Crippen molar-refractivity contribution >= 4 is 12.0 Å². The van der Waals surface area contributed by atoms with Crippen LogP contribution in [0.3, 0.4) is 0 Å². The van der Waals surface area contributed by atoms with Gasteiger partial charge in [-0.3, -0.25) is 4.79 Å². The SMILES string of the molecule is O=C(CC(c1ccccc1)c1ccccc1)N1C(=O)OC[C@@H]1Cc1ccccc1. The lowest BCUT2D eigenvalue weighted by molar-refractivity contribution is -0.129. The summed E-state index contributed by atoms with van der Waals surface area (Å²) < 4.78 is 5.23. The van der Waals surface area contributed by atoms with E-state index in [4.69, 9.17) is 4.74 Å². The third-order valence-corrected chi connectivity index (χ3v) is 5.33. The minimum atomic E-state index is -0.546. The average Bonchev–Trinajstić information content (AvgIpc) is 3.14. The fourth-order valence-electron chi connectivity index (χ4n) is 3.87. The van der Waals surface area contributed by atoms with Gasteiger partial charge >= 0.3 is 6.09 Å². The molecule has 0 bridgehead atoms. The lowest BCUT2D eigenvalue weighted by Crippen LogP contribution is -2.40. The summed E-state index contributed by atoms with van der Waals surface area (Å²) in [4.78, 5) is 26.9. The van der Waals surface area contributed by atoms with Crippen molar-refractivity contribution in [3.8, 4) is 0 Å². The normalized spacial score (nSPS) is 16.1. The number of benzene rings is 3. The van der Waals surface area contributed by atoms with Gasteiger partial charge in [0.1, 0.15) is 6.61 Å². The van der Waals surface area contributed by atoms with Crippen molar-refractivity contribution in [2.24, 2.45) is 0 Å². The molecule has 0 saturated carbocycles. The van der Waals surface area contributed by atoms with Gasteiger partial charge in [-0.15, -0.1) is 0 Å². The summed E-state index contributed by atoms with van der Waals surface area (Å²) in [5.41, 5.74) is 3.19. The molecule has 0 aliphatic carbocycles. The smallest absolute Gasteiger partial charge is 0.416 e. The maximum Gasteiger partial charge on any atom is 0.416 e. The second-order valence-electron chi connectivity index (χ2n) is 7.26. The third-order valence-electron chi connectivity index (χ3n) is 5.33. The van der Waals surface area contributed by atoms with Crippen LogP contribution in [0, 0.1) is 0 Å². The lowest BCUT2D eigenvalue weighted by Gasteiger charge is -2.23. The van der Waals surface area contributed by atoms with E-state index in [9.17, 15) is 9.59 Å². The van der Waals surface area contributed by atoms with Crippen LogP contribution in [0.2, 0.25) is 0 Å². The highest BCUT2D eigenvalue weighted by Gasteiger charge is 2.38. The van der Waals surface area contributed by atoms with Crippen LogP contribution in [-0.2, 0) is 16.0 Å². The van der Waals surface area contributed by atoms with Crippen molar-refractivity contribution in [3.05, 3.63) is 108 Å². The molecule has 29 heavy (non-hydrogen) atoms. The predicted octanol–water partition coefficient (Wildman–Crippen LogP) is 4.80. The van der Waals surface area contributed by atoms with Crippen LogP contribution in [0.4, 0.5) is 4.79 Å². The molecule has 4 heteroatoms. The number of imide groups is 1. The van der Waals surface area contributed by atoms with Crippen LogP contribution in [-0.4, -0.2) is 29.5 Å². The molecule has 0 unspecified atom stereocenters. The van der Waals surface area contributed by atoms with Crippen molar-refractivity contribution in [2.45, 2.75) is 24.8 Å². The second kappa shape index (κ2) is 8.74. The molecule has 2 amide bonds. The van der Waals surface area contributed by atoms with E-state index in [0.717, 1.165) is 16.7 Å². The Bertz CT molecular complexity index is 918. The average molecular weight is 385 g/mol. The molecule has 1 heterocycles. The Balaban J connectivity index is 1.57. The Morgan fingerprint density at radius 1 is 0.862 bits per heavy atom. The second-order valence-corrected chi connectivity index (χ2v) is 7.26. The molecule has 1 saturated heterocycles. The van der Waals surface area contributed by atoms with Gasteiger partial charge in [0.15, 0.2) is 0 Å². The zero-order valence-corrected chi connectivity index (χ0v) is 16.1. The largest absolute Gasteiger partial charge is 0.447 e. The van der Waals surface area contributed by atoms with E-state index in [1.807, 2.05) is 91.0 Å². The van der Waals surface area contributed by atoms with E-state index in [1.54, 1.807) is 0 Å². The third kappa shape index (κ3) is 4.37. The molecule has 3 aromatic carbocycles. The maximum atomic E-state index is 13.2. The predicted molar refractivity (Wildman–Crippen MR) is 111 cm³/mol. The number of carbonyl (C=O) groups is 2. The lowest BCUT2D eigenvalue weighted by atomic mass is 9.88. The Labute approximate surface area is 170 Å². The van der Waals surface area contributed by atoms with Gasteiger partial charge in [0.2, 0.25) is 5.91 Å². The first kappa shape index (κ1) is 18.9. The molecular formula is C25H23NO3. The van der Waals surface area contributed by atoms with Gasteiger partial charge < -0.3 is 4.74 Å². The van der Waals surface area contributed by atoms with Crippen LogP contribution < -0.4 is 0 Å². The Morgan fingerprint density at radius 2 is 1.38 bits per heavy atom. The van der Waals surface area contributed by atoms with E-state index in [-0.39, 0.29) is 30.9 Å². The summed E-state index contributed by atoms with van der Waals surface area (Å²) in [7, 11) is 0. The van der Waals surface area contributed by atoms with E-state index in [1.165, 1.54) is 4.90 Å². The van der Waals surface area contributed by atoms with E-state index < -0.39 is 6.09 Å². The highest BCUT2D eigenvalue weighted by atomic mass is 16.6. The number of nitrogens with zero attached hydrogens (tertiary/aromatic N) is 1. The summed E-state index contributed by atoms with van der Waals surface area (Å²) in [6, 6.07) is 29.5. The minimum Gasteiger partial charge on any atom is -0.447 e. The summed E-state index contributed by atoms with van der Waals surface area (Å²) >= 11 is 0. The van der Waals surface area contributed by atoms with Gasteiger partial charge in [-0.25, -0.2) is 9.69 Å². The molecule has 1 atom stereocenters. The quantitative estimate of drug-likeness (QED) is 0.612. The van der Waals surface area contributed by atoms with Crippen LogP contribution in [0.25, 0.3) is 0 Å². The number of amides is 2. The van der Waals surface area contributed by atoms with Gasteiger partial charge in [-0.05, 0) is 23.1 Å². The number of rotatable bonds is 6. The number of cyclic esters (lactones) is 1. The number of carbonyl (C=O) groups excluding carboxylic acids is 2. The molecular weight excluding hydrogens is 362 g/mol. The highest BCUT2D eigenvalue weighted by molar-refractivity contribution is 5.94. The fourth-order valence-corrected chi connectivity index (χ4v) is 3.87. The van der Waals surface area contributed by atoms with Crippen LogP contribution >= 0.6 is 0 Å².